The third-order valence-corrected chi connectivity index (χ3v) is 3.13. The van der Waals surface area contributed by atoms with Crippen LogP contribution in [0.3, 0.4) is 0 Å². The maximum Gasteiger partial charge on any atom is 0.410 e. The van der Waals surface area contributed by atoms with Crippen LogP contribution in [0.1, 0.15) is 31.9 Å². The van der Waals surface area contributed by atoms with Gasteiger partial charge in [0.05, 0.1) is 0 Å². The molecule has 1 aliphatic rings. The van der Waals surface area contributed by atoms with E-state index < -0.39 is 5.60 Å². The summed E-state index contributed by atoms with van der Waals surface area (Å²) in [6, 6.07) is 6.07. The van der Waals surface area contributed by atoms with Crippen molar-refractivity contribution >= 4 is 18.7 Å². The Balaban J connectivity index is 2.08. The average Bonchev–Trinajstić information content (AvgIpc) is 2.26. The van der Waals surface area contributed by atoms with Gasteiger partial charge in [0, 0.05) is 18.0 Å². The summed E-state index contributed by atoms with van der Waals surface area (Å²) in [6.07, 6.45) is 0.631. The fourth-order valence-corrected chi connectivity index (χ4v) is 2.25. The molecule has 0 bridgehead atoms. The largest absolute Gasteiger partial charge is 0.444 e. The maximum absolute atomic E-state index is 12.0. The molecule has 0 saturated carbocycles. The average molecular weight is 265 g/mol. The van der Waals surface area contributed by atoms with Gasteiger partial charge in [0.2, 0.25) is 0 Å². The van der Waals surface area contributed by atoms with Crippen molar-refractivity contribution in [3.63, 3.8) is 0 Å². The molecule has 98 valence electrons. The summed E-state index contributed by atoms with van der Waals surface area (Å²) in [6.45, 7) is 6.99. The molecule has 1 heterocycles. The van der Waals surface area contributed by atoms with Crippen LogP contribution in [0.5, 0.6) is 0 Å². The Kier molecular flexibility index (Phi) is 3.57. The summed E-state index contributed by atoms with van der Waals surface area (Å²) in [5.41, 5.74) is 2.03. The van der Waals surface area contributed by atoms with Gasteiger partial charge in [-0.2, -0.15) is 0 Å². The molecular weight excluding hydrogens is 246 g/mol. The van der Waals surface area contributed by atoms with Gasteiger partial charge in [0.25, 0.3) is 0 Å². The third-order valence-electron chi connectivity index (χ3n) is 2.85. The highest BCUT2D eigenvalue weighted by Gasteiger charge is 2.25. The number of carbonyl (C=O) groups is 1. The molecule has 0 unspecified atom stereocenters. The third kappa shape index (κ3) is 3.19. The number of thiol groups is 1. The van der Waals surface area contributed by atoms with Crippen molar-refractivity contribution in [1.29, 1.82) is 0 Å². The Morgan fingerprint density at radius 2 is 2.06 bits per heavy atom. The monoisotopic (exact) mass is 265 g/mol. The topological polar surface area (TPSA) is 29.5 Å². The van der Waals surface area contributed by atoms with Gasteiger partial charge >= 0.3 is 6.09 Å². The molecule has 1 amide bonds. The van der Waals surface area contributed by atoms with Gasteiger partial charge in [-0.05, 0) is 50.5 Å². The summed E-state index contributed by atoms with van der Waals surface area (Å²) in [7, 11) is 0. The number of nitrogens with zero attached hydrogens (tertiary/aromatic N) is 1. The quantitative estimate of drug-likeness (QED) is 0.730. The van der Waals surface area contributed by atoms with Crippen LogP contribution in [0.2, 0.25) is 0 Å². The molecule has 0 aliphatic carbocycles. The number of hydrogen-bond acceptors (Lipinski definition) is 3. The lowest BCUT2D eigenvalue weighted by Crippen LogP contribution is -2.39. The highest BCUT2D eigenvalue weighted by atomic mass is 32.1. The Morgan fingerprint density at radius 1 is 1.33 bits per heavy atom. The molecule has 0 saturated heterocycles. The van der Waals surface area contributed by atoms with Gasteiger partial charge in [-0.3, -0.25) is 0 Å². The van der Waals surface area contributed by atoms with Crippen molar-refractivity contribution in [1.82, 2.24) is 4.90 Å². The number of rotatable bonds is 0. The predicted molar refractivity (Wildman–Crippen MR) is 74.0 cm³/mol. The van der Waals surface area contributed by atoms with Gasteiger partial charge in [0.15, 0.2) is 0 Å². The molecule has 0 aromatic heterocycles. The zero-order valence-electron chi connectivity index (χ0n) is 11.1. The fourth-order valence-electron chi connectivity index (χ4n) is 2.02. The molecule has 0 atom stereocenters. The molecule has 4 heteroatoms. The van der Waals surface area contributed by atoms with E-state index in [4.69, 9.17) is 4.74 Å². The van der Waals surface area contributed by atoms with Crippen molar-refractivity contribution < 1.29 is 9.53 Å². The van der Waals surface area contributed by atoms with Gasteiger partial charge in [-0.15, -0.1) is 12.6 Å². The summed E-state index contributed by atoms with van der Waals surface area (Å²) in [5.74, 6) is 0. The molecule has 1 aliphatic heterocycles. The minimum Gasteiger partial charge on any atom is -0.444 e. The van der Waals surface area contributed by atoms with Gasteiger partial charge < -0.3 is 9.64 Å². The molecular formula is C14H19NO2S. The van der Waals surface area contributed by atoms with Crippen LogP contribution >= 0.6 is 12.6 Å². The molecule has 0 N–H and O–H groups in total. The first-order valence-corrected chi connectivity index (χ1v) is 6.58. The molecule has 0 radical (unpaired) electrons. The van der Waals surface area contributed by atoms with Crippen molar-refractivity contribution in [3.8, 4) is 0 Å². The van der Waals surface area contributed by atoms with Crippen molar-refractivity contribution in [2.45, 2.75) is 44.2 Å². The summed E-state index contributed by atoms with van der Waals surface area (Å²) in [5, 5.41) is 0. The number of benzene rings is 1. The predicted octanol–water partition coefficient (Wildman–Crippen LogP) is 3.27. The molecule has 3 nitrogen and oxygen atoms in total. The lowest BCUT2D eigenvalue weighted by atomic mass is 10.0. The SMILES string of the molecule is CC(C)(C)OC(=O)N1CCc2cc(S)ccc2C1. The van der Waals surface area contributed by atoms with Crippen LogP contribution in [0.25, 0.3) is 0 Å². The number of amides is 1. The second-order valence-electron chi connectivity index (χ2n) is 5.60. The molecule has 1 aromatic carbocycles. The number of ether oxygens (including phenoxy) is 1. The normalized spacial score (nSPS) is 15.2. The van der Waals surface area contributed by atoms with Crippen LogP contribution in [0.15, 0.2) is 23.1 Å². The second-order valence-corrected chi connectivity index (χ2v) is 6.12. The highest BCUT2D eigenvalue weighted by Crippen LogP contribution is 2.23. The number of fused-ring (bicyclic) bond motifs is 1. The van der Waals surface area contributed by atoms with Crippen molar-refractivity contribution in [2.75, 3.05) is 6.54 Å². The van der Waals surface area contributed by atoms with E-state index in [0.717, 1.165) is 11.3 Å². The van der Waals surface area contributed by atoms with E-state index in [0.29, 0.717) is 13.1 Å². The summed E-state index contributed by atoms with van der Waals surface area (Å²) in [4.78, 5) is 14.7. The second kappa shape index (κ2) is 4.84. The smallest absolute Gasteiger partial charge is 0.410 e. The van der Waals surface area contributed by atoms with Crippen LogP contribution in [-0.2, 0) is 17.7 Å². The lowest BCUT2D eigenvalue weighted by molar-refractivity contribution is 0.0224. The number of carbonyl (C=O) groups excluding carboxylic acids is 1. The van der Waals surface area contributed by atoms with Crippen molar-refractivity contribution in [2.24, 2.45) is 0 Å². The maximum atomic E-state index is 12.0. The molecule has 1 aromatic rings. The molecule has 18 heavy (non-hydrogen) atoms. The fraction of sp³-hybridized carbons (Fsp3) is 0.500. The Morgan fingerprint density at radius 3 is 2.72 bits per heavy atom. The minimum absolute atomic E-state index is 0.233. The van der Waals surface area contributed by atoms with E-state index in [1.807, 2.05) is 32.9 Å². The van der Waals surface area contributed by atoms with E-state index in [1.54, 1.807) is 4.90 Å². The van der Waals surface area contributed by atoms with E-state index in [9.17, 15) is 4.79 Å². The van der Waals surface area contributed by atoms with E-state index in [1.165, 1.54) is 11.1 Å². The summed E-state index contributed by atoms with van der Waals surface area (Å²) >= 11 is 4.33. The molecule has 0 fully saturated rings. The van der Waals surface area contributed by atoms with E-state index in [2.05, 4.69) is 18.7 Å². The minimum atomic E-state index is -0.438. The van der Waals surface area contributed by atoms with E-state index in [-0.39, 0.29) is 6.09 Å². The molecule has 2 rings (SSSR count). The Bertz CT molecular complexity index is 465. The highest BCUT2D eigenvalue weighted by molar-refractivity contribution is 7.80. The number of hydrogen-bond donors (Lipinski definition) is 1. The van der Waals surface area contributed by atoms with Crippen molar-refractivity contribution in [3.05, 3.63) is 29.3 Å². The van der Waals surface area contributed by atoms with E-state index >= 15 is 0 Å². The zero-order valence-corrected chi connectivity index (χ0v) is 12.0. The van der Waals surface area contributed by atoms with Crippen LogP contribution in [-0.4, -0.2) is 23.1 Å². The standard InChI is InChI=1S/C14H19NO2S/c1-14(2,3)17-13(16)15-7-6-10-8-12(18)5-4-11(10)9-15/h4-5,8,18H,6-7,9H2,1-3H3. The Hall–Kier alpha value is -1.16. The molecule has 0 spiro atoms. The van der Waals surface area contributed by atoms with Gasteiger partial charge in [-0.25, -0.2) is 4.79 Å². The van der Waals surface area contributed by atoms with Crippen LogP contribution < -0.4 is 0 Å². The zero-order chi connectivity index (χ0) is 13.3. The van der Waals surface area contributed by atoms with Crippen LogP contribution in [0, 0.1) is 0 Å². The van der Waals surface area contributed by atoms with Crippen LogP contribution in [0.4, 0.5) is 4.79 Å². The first-order chi connectivity index (χ1) is 8.35. The van der Waals surface area contributed by atoms with Gasteiger partial charge in [0.1, 0.15) is 5.60 Å². The first-order valence-electron chi connectivity index (χ1n) is 6.14. The first kappa shape index (κ1) is 13.3. The summed E-state index contributed by atoms with van der Waals surface area (Å²) < 4.78 is 5.39. The lowest BCUT2D eigenvalue weighted by Gasteiger charge is -2.31. The Labute approximate surface area is 114 Å². The van der Waals surface area contributed by atoms with Gasteiger partial charge in [-0.1, -0.05) is 6.07 Å².